The molecule has 4 aromatic rings. The molecule has 0 aliphatic carbocycles. The number of anilines is 1. The molecule has 0 aliphatic rings. The molecule has 6 heteroatoms. The smallest absolute Gasteiger partial charge is 0.277 e. The Morgan fingerprint density at radius 3 is 2.32 bits per heavy atom. The second-order valence-corrected chi connectivity index (χ2v) is 8.14. The highest BCUT2D eigenvalue weighted by Gasteiger charge is 2.18. The Bertz CT molecular complexity index is 1130. The van der Waals surface area contributed by atoms with Crippen molar-refractivity contribution in [1.82, 2.24) is 10.2 Å². The van der Waals surface area contributed by atoms with E-state index in [-0.39, 0.29) is 11.7 Å². The van der Waals surface area contributed by atoms with Gasteiger partial charge in [-0.05, 0) is 35.7 Å². The first kappa shape index (κ1) is 20.9. The predicted molar refractivity (Wildman–Crippen MR) is 123 cm³/mol. The molecular formula is C25H23N3O2S. The van der Waals surface area contributed by atoms with Crippen LogP contribution < -0.4 is 4.90 Å². The van der Waals surface area contributed by atoms with Gasteiger partial charge < -0.3 is 9.32 Å². The van der Waals surface area contributed by atoms with Crippen LogP contribution in [0.3, 0.4) is 0 Å². The lowest BCUT2D eigenvalue weighted by atomic mass is 10.1. The number of aryl methyl sites for hydroxylation is 1. The minimum Gasteiger partial charge on any atom is -0.416 e. The third kappa shape index (κ3) is 5.83. The Morgan fingerprint density at radius 2 is 1.61 bits per heavy atom. The van der Waals surface area contributed by atoms with Crippen LogP contribution in [0, 0.1) is 6.92 Å². The summed E-state index contributed by atoms with van der Waals surface area (Å²) in [6.45, 7) is 2.53. The molecule has 0 saturated carbocycles. The normalized spacial score (nSPS) is 10.7. The summed E-state index contributed by atoms with van der Waals surface area (Å²) in [6.07, 6.45) is 0.575. The van der Waals surface area contributed by atoms with Gasteiger partial charge >= 0.3 is 0 Å². The molecule has 0 bridgehead atoms. The van der Waals surface area contributed by atoms with Crippen molar-refractivity contribution in [1.29, 1.82) is 0 Å². The molecule has 1 heterocycles. The molecule has 31 heavy (non-hydrogen) atoms. The SMILES string of the molecule is Cc1cccc(N(Cc2ccccc2)C(=O)CSc2nnc(Cc3ccccc3)o2)c1. The number of rotatable bonds is 8. The van der Waals surface area contributed by atoms with Crippen LogP contribution in [0.4, 0.5) is 5.69 Å². The highest BCUT2D eigenvalue weighted by Crippen LogP contribution is 2.23. The quantitative estimate of drug-likeness (QED) is 0.356. The largest absolute Gasteiger partial charge is 0.416 e. The van der Waals surface area contributed by atoms with Gasteiger partial charge in [-0.2, -0.15) is 0 Å². The summed E-state index contributed by atoms with van der Waals surface area (Å²) in [7, 11) is 0. The Hall–Kier alpha value is -3.38. The van der Waals surface area contributed by atoms with Gasteiger partial charge in [-0.25, -0.2) is 0 Å². The Kier molecular flexibility index (Phi) is 6.79. The van der Waals surface area contributed by atoms with Crippen molar-refractivity contribution in [3.8, 4) is 0 Å². The van der Waals surface area contributed by atoms with E-state index in [0.29, 0.717) is 24.1 Å². The lowest BCUT2D eigenvalue weighted by Crippen LogP contribution is -2.32. The van der Waals surface area contributed by atoms with E-state index in [1.54, 1.807) is 4.90 Å². The standard InChI is InChI=1S/C25H23N3O2S/c1-19-9-8-14-22(15-19)28(17-21-12-6-3-7-13-21)24(29)18-31-25-27-26-23(30-25)16-20-10-4-2-5-11-20/h2-15H,16-18H2,1H3. The van der Waals surface area contributed by atoms with Crippen LogP contribution >= 0.6 is 11.8 Å². The molecule has 0 radical (unpaired) electrons. The molecule has 1 aromatic heterocycles. The fourth-order valence-corrected chi connectivity index (χ4v) is 3.88. The highest BCUT2D eigenvalue weighted by molar-refractivity contribution is 7.99. The molecule has 5 nitrogen and oxygen atoms in total. The number of amides is 1. The summed E-state index contributed by atoms with van der Waals surface area (Å²) in [5.74, 6) is 0.747. The molecular weight excluding hydrogens is 406 g/mol. The van der Waals surface area contributed by atoms with Crippen LogP contribution in [0.2, 0.25) is 0 Å². The summed E-state index contributed by atoms with van der Waals surface area (Å²) in [5.41, 5.74) is 4.17. The Morgan fingerprint density at radius 1 is 0.903 bits per heavy atom. The van der Waals surface area contributed by atoms with E-state index in [9.17, 15) is 4.79 Å². The second-order valence-electron chi connectivity index (χ2n) is 7.22. The van der Waals surface area contributed by atoms with Gasteiger partial charge in [0.15, 0.2) is 0 Å². The first-order chi connectivity index (χ1) is 15.2. The molecule has 1 amide bonds. The van der Waals surface area contributed by atoms with Crippen molar-refractivity contribution in [3.05, 3.63) is 108 Å². The fraction of sp³-hybridized carbons (Fsp3) is 0.160. The topological polar surface area (TPSA) is 59.2 Å². The maximum Gasteiger partial charge on any atom is 0.277 e. The molecule has 0 unspecified atom stereocenters. The van der Waals surface area contributed by atoms with Gasteiger partial charge in [0, 0.05) is 5.69 Å². The van der Waals surface area contributed by atoms with E-state index >= 15 is 0 Å². The van der Waals surface area contributed by atoms with Crippen molar-refractivity contribution in [3.63, 3.8) is 0 Å². The van der Waals surface area contributed by atoms with Crippen LogP contribution in [-0.4, -0.2) is 21.9 Å². The number of aromatic nitrogens is 2. The molecule has 0 saturated heterocycles. The number of nitrogens with zero attached hydrogens (tertiary/aromatic N) is 3. The third-order valence-corrected chi connectivity index (χ3v) is 5.57. The molecule has 0 atom stereocenters. The summed E-state index contributed by atoms with van der Waals surface area (Å²) < 4.78 is 5.73. The molecule has 0 spiro atoms. The lowest BCUT2D eigenvalue weighted by Gasteiger charge is -2.23. The summed E-state index contributed by atoms with van der Waals surface area (Å²) in [4.78, 5) is 14.9. The van der Waals surface area contributed by atoms with Crippen LogP contribution in [0.15, 0.2) is 94.6 Å². The van der Waals surface area contributed by atoms with Gasteiger partial charge in [-0.15, -0.1) is 10.2 Å². The average molecular weight is 430 g/mol. The van der Waals surface area contributed by atoms with Crippen molar-refractivity contribution in [2.24, 2.45) is 0 Å². The van der Waals surface area contributed by atoms with Crippen LogP contribution in [0.25, 0.3) is 0 Å². The van der Waals surface area contributed by atoms with Crippen LogP contribution in [0.1, 0.15) is 22.6 Å². The van der Waals surface area contributed by atoms with Gasteiger partial charge in [0.1, 0.15) is 0 Å². The molecule has 4 rings (SSSR count). The zero-order valence-corrected chi connectivity index (χ0v) is 18.1. The molecule has 3 aromatic carbocycles. The van der Waals surface area contributed by atoms with Crippen molar-refractivity contribution < 1.29 is 9.21 Å². The number of carbonyl (C=O) groups is 1. The van der Waals surface area contributed by atoms with Gasteiger partial charge in [-0.3, -0.25) is 4.79 Å². The van der Waals surface area contributed by atoms with Crippen molar-refractivity contribution in [2.45, 2.75) is 25.1 Å². The van der Waals surface area contributed by atoms with Gasteiger partial charge in [0.25, 0.3) is 5.22 Å². The van der Waals surface area contributed by atoms with Gasteiger partial charge in [0.05, 0.1) is 18.7 Å². The Labute approximate surface area is 186 Å². The van der Waals surface area contributed by atoms with E-state index in [0.717, 1.165) is 22.4 Å². The minimum atomic E-state index is -0.0118. The zero-order chi connectivity index (χ0) is 21.5. The average Bonchev–Trinajstić information content (AvgIpc) is 3.24. The first-order valence-corrected chi connectivity index (χ1v) is 11.1. The summed E-state index contributed by atoms with van der Waals surface area (Å²) in [6, 6.07) is 27.9. The molecule has 0 fully saturated rings. The number of carbonyl (C=O) groups excluding carboxylic acids is 1. The zero-order valence-electron chi connectivity index (χ0n) is 17.3. The van der Waals surface area contributed by atoms with Gasteiger partial charge in [0.2, 0.25) is 11.8 Å². The van der Waals surface area contributed by atoms with Crippen molar-refractivity contribution >= 4 is 23.4 Å². The summed E-state index contributed by atoms with van der Waals surface area (Å²) in [5, 5.41) is 8.61. The molecule has 0 N–H and O–H groups in total. The van der Waals surface area contributed by atoms with Crippen molar-refractivity contribution in [2.75, 3.05) is 10.7 Å². The van der Waals surface area contributed by atoms with E-state index in [1.807, 2.05) is 91.9 Å². The fourth-order valence-electron chi connectivity index (χ4n) is 3.23. The number of thioether (sulfide) groups is 1. The second kappa shape index (κ2) is 10.1. The summed E-state index contributed by atoms with van der Waals surface area (Å²) >= 11 is 1.27. The number of hydrogen-bond donors (Lipinski definition) is 0. The lowest BCUT2D eigenvalue weighted by molar-refractivity contribution is -0.116. The maximum absolute atomic E-state index is 13.1. The third-order valence-electron chi connectivity index (χ3n) is 4.76. The van der Waals surface area contributed by atoms with E-state index < -0.39 is 0 Å². The molecule has 156 valence electrons. The number of benzene rings is 3. The highest BCUT2D eigenvalue weighted by atomic mass is 32.2. The predicted octanol–water partition coefficient (Wildman–Crippen LogP) is 5.29. The van der Waals surface area contributed by atoms with E-state index in [4.69, 9.17) is 4.42 Å². The minimum absolute atomic E-state index is 0.0118. The van der Waals surface area contributed by atoms with Crippen LogP contribution in [0.5, 0.6) is 0 Å². The van der Waals surface area contributed by atoms with E-state index in [2.05, 4.69) is 10.2 Å². The molecule has 0 aliphatic heterocycles. The monoisotopic (exact) mass is 429 g/mol. The maximum atomic E-state index is 13.1. The Balaban J connectivity index is 1.44. The van der Waals surface area contributed by atoms with Gasteiger partial charge in [-0.1, -0.05) is 84.6 Å². The number of hydrogen-bond acceptors (Lipinski definition) is 5. The van der Waals surface area contributed by atoms with Crippen LogP contribution in [-0.2, 0) is 17.8 Å². The van der Waals surface area contributed by atoms with E-state index in [1.165, 1.54) is 11.8 Å². The first-order valence-electron chi connectivity index (χ1n) is 10.1.